The van der Waals surface area contributed by atoms with Gasteiger partial charge in [-0.1, -0.05) is 18.2 Å². The second kappa shape index (κ2) is 7.86. The highest BCUT2D eigenvalue weighted by Crippen LogP contribution is 2.21. The summed E-state index contributed by atoms with van der Waals surface area (Å²) in [6.45, 7) is 0.692. The molecule has 2 aromatic carbocycles. The summed E-state index contributed by atoms with van der Waals surface area (Å²) >= 11 is 1.73. The van der Waals surface area contributed by atoms with Crippen molar-refractivity contribution < 1.29 is 8.42 Å². The second-order valence-corrected chi connectivity index (χ2v) is 8.04. The van der Waals surface area contributed by atoms with Gasteiger partial charge in [-0.25, -0.2) is 8.42 Å². The Kier molecular flexibility index (Phi) is 6.10. The normalized spacial score (nSPS) is 11.4. The van der Waals surface area contributed by atoms with Crippen molar-refractivity contribution in [2.45, 2.75) is 17.9 Å². The summed E-state index contributed by atoms with van der Waals surface area (Å²) in [6, 6.07) is 14.2. The fraction of sp³-hybridized carbons (Fsp3) is 0.294. The molecule has 0 bridgehead atoms. The molecule has 0 saturated heterocycles. The highest BCUT2D eigenvalue weighted by Gasteiger charge is 2.08. The molecule has 0 amide bonds. The zero-order valence-electron chi connectivity index (χ0n) is 13.6. The zero-order valence-corrected chi connectivity index (χ0v) is 15.2. The quantitative estimate of drug-likeness (QED) is 0.754. The third-order valence-corrected chi connectivity index (χ3v) is 4.78. The highest BCUT2D eigenvalue weighted by molar-refractivity contribution is 7.98. The molecular formula is C17H22N2O2S2. The van der Waals surface area contributed by atoms with Crippen molar-refractivity contribution in [3.05, 3.63) is 59.2 Å². The summed E-state index contributed by atoms with van der Waals surface area (Å²) in [5.41, 5.74) is 4.12. The zero-order chi connectivity index (χ0) is 16.9. The first-order valence-electron chi connectivity index (χ1n) is 7.28. The van der Waals surface area contributed by atoms with Crippen LogP contribution in [0.4, 0.5) is 5.69 Å². The number of rotatable bonds is 7. The predicted molar refractivity (Wildman–Crippen MR) is 98.7 cm³/mol. The van der Waals surface area contributed by atoms with Gasteiger partial charge >= 0.3 is 0 Å². The summed E-state index contributed by atoms with van der Waals surface area (Å²) in [7, 11) is -1.38. The Morgan fingerprint density at radius 2 is 1.74 bits per heavy atom. The molecule has 0 aliphatic heterocycles. The number of sulfonamides is 1. The average molecular weight is 351 g/mol. The van der Waals surface area contributed by atoms with Gasteiger partial charge < -0.3 is 5.32 Å². The first kappa shape index (κ1) is 17.8. The lowest BCUT2D eigenvalue weighted by Crippen LogP contribution is -2.12. The smallest absolute Gasteiger partial charge is 0.229 e. The minimum atomic E-state index is -3.26. The van der Waals surface area contributed by atoms with Gasteiger partial charge in [0.2, 0.25) is 10.0 Å². The Labute approximate surface area is 142 Å². The van der Waals surface area contributed by atoms with Crippen LogP contribution < -0.4 is 10.0 Å². The van der Waals surface area contributed by atoms with Crippen LogP contribution in [0, 0.1) is 0 Å². The minimum Gasteiger partial charge on any atom is -0.316 e. The van der Waals surface area contributed by atoms with E-state index in [1.807, 2.05) is 25.2 Å². The Balaban J connectivity index is 2.25. The van der Waals surface area contributed by atoms with E-state index < -0.39 is 10.0 Å². The van der Waals surface area contributed by atoms with Crippen LogP contribution in [0.5, 0.6) is 0 Å². The van der Waals surface area contributed by atoms with Crippen molar-refractivity contribution in [3.63, 3.8) is 0 Å². The molecule has 0 saturated carbocycles. The molecule has 0 heterocycles. The Hall–Kier alpha value is -1.50. The SMILES string of the molecule is CNCc1cc(NS(C)(=O)=O)ccc1Cc1ccc(SC)cc1. The third kappa shape index (κ3) is 5.57. The van der Waals surface area contributed by atoms with Gasteiger partial charge in [0, 0.05) is 17.1 Å². The molecule has 2 rings (SSSR count). The molecule has 4 nitrogen and oxygen atoms in total. The van der Waals surface area contributed by atoms with Crippen LogP contribution in [-0.4, -0.2) is 28.0 Å². The summed E-state index contributed by atoms with van der Waals surface area (Å²) < 4.78 is 25.3. The molecular weight excluding hydrogens is 328 g/mol. The van der Waals surface area contributed by atoms with Crippen molar-refractivity contribution in [1.82, 2.24) is 5.32 Å². The first-order chi connectivity index (χ1) is 10.9. The molecule has 2 aromatic rings. The van der Waals surface area contributed by atoms with Gasteiger partial charge in [0.25, 0.3) is 0 Å². The van der Waals surface area contributed by atoms with Crippen molar-refractivity contribution >= 4 is 27.5 Å². The Morgan fingerprint density at radius 1 is 1.04 bits per heavy atom. The van der Waals surface area contributed by atoms with Crippen LogP contribution >= 0.6 is 11.8 Å². The van der Waals surface area contributed by atoms with E-state index in [0.29, 0.717) is 12.2 Å². The van der Waals surface area contributed by atoms with E-state index >= 15 is 0 Å². The van der Waals surface area contributed by atoms with Crippen LogP contribution in [0.2, 0.25) is 0 Å². The third-order valence-electron chi connectivity index (χ3n) is 3.43. The number of anilines is 1. The van der Waals surface area contributed by atoms with Crippen molar-refractivity contribution in [1.29, 1.82) is 0 Å². The van der Waals surface area contributed by atoms with Crippen LogP contribution in [0.15, 0.2) is 47.4 Å². The van der Waals surface area contributed by atoms with Gasteiger partial charge in [-0.3, -0.25) is 4.72 Å². The van der Waals surface area contributed by atoms with E-state index in [-0.39, 0.29) is 0 Å². The topological polar surface area (TPSA) is 58.2 Å². The maximum atomic E-state index is 11.4. The molecule has 0 fully saturated rings. The summed E-state index contributed by atoms with van der Waals surface area (Å²) in [5, 5.41) is 3.14. The lowest BCUT2D eigenvalue weighted by atomic mass is 9.99. The summed E-state index contributed by atoms with van der Waals surface area (Å²) in [5.74, 6) is 0. The molecule has 124 valence electrons. The minimum absolute atomic E-state index is 0.597. The van der Waals surface area contributed by atoms with Crippen LogP contribution in [0.25, 0.3) is 0 Å². The molecule has 6 heteroatoms. The van der Waals surface area contributed by atoms with E-state index in [1.54, 1.807) is 11.8 Å². The average Bonchev–Trinajstić information content (AvgIpc) is 2.49. The summed E-state index contributed by atoms with van der Waals surface area (Å²) in [4.78, 5) is 1.25. The van der Waals surface area contributed by atoms with Gasteiger partial charge in [0.1, 0.15) is 0 Å². The maximum absolute atomic E-state index is 11.4. The fourth-order valence-corrected chi connectivity index (χ4v) is 3.36. The molecule has 0 atom stereocenters. The molecule has 0 radical (unpaired) electrons. The Morgan fingerprint density at radius 3 is 2.30 bits per heavy atom. The lowest BCUT2D eigenvalue weighted by Gasteiger charge is -2.13. The fourth-order valence-electron chi connectivity index (χ4n) is 2.39. The molecule has 0 aliphatic rings. The lowest BCUT2D eigenvalue weighted by molar-refractivity contribution is 0.607. The van der Waals surface area contributed by atoms with E-state index in [0.717, 1.165) is 18.2 Å². The Bertz CT molecular complexity index is 757. The standard InChI is InChI=1S/C17H22N2O2S2/c1-18-12-15-11-16(19-23(3,20)21)7-6-14(15)10-13-4-8-17(22-2)9-5-13/h4-9,11,18-19H,10,12H2,1-3H3. The van der Waals surface area contributed by atoms with Crippen LogP contribution in [0.1, 0.15) is 16.7 Å². The number of hydrogen-bond acceptors (Lipinski definition) is 4. The number of benzene rings is 2. The van der Waals surface area contributed by atoms with Crippen molar-refractivity contribution in [2.24, 2.45) is 0 Å². The highest BCUT2D eigenvalue weighted by atomic mass is 32.2. The maximum Gasteiger partial charge on any atom is 0.229 e. The number of thioether (sulfide) groups is 1. The van der Waals surface area contributed by atoms with Gasteiger partial charge in [-0.15, -0.1) is 11.8 Å². The molecule has 0 unspecified atom stereocenters. The molecule has 2 N–H and O–H groups in total. The number of nitrogens with one attached hydrogen (secondary N) is 2. The van der Waals surface area contributed by atoms with Gasteiger partial charge in [-0.2, -0.15) is 0 Å². The van der Waals surface area contributed by atoms with Gasteiger partial charge in [0.05, 0.1) is 6.26 Å². The van der Waals surface area contributed by atoms with Crippen molar-refractivity contribution in [2.75, 3.05) is 24.3 Å². The number of hydrogen-bond donors (Lipinski definition) is 2. The van der Waals surface area contributed by atoms with Gasteiger partial charge in [-0.05, 0) is 60.7 Å². The van der Waals surface area contributed by atoms with Crippen LogP contribution in [-0.2, 0) is 23.0 Å². The van der Waals surface area contributed by atoms with Crippen LogP contribution in [0.3, 0.4) is 0 Å². The second-order valence-electron chi connectivity index (χ2n) is 5.41. The van der Waals surface area contributed by atoms with Crippen molar-refractivity contribution in [3.8, 4) is 0 Å². The first-order valence-corrected chi connectivity index (χ1v) is 10.4. The monoisotopic (exact) mass is 350 g/mol. The molecule has 0 aliphatic carbocycles. The van der Waals surface area contributed by atoms with Gasteiger partial charge in [0.15, 0.2) is 0 Å². The molecule has 0 spiro atoms. The molecule has 0 aromatic heterocycles. The molecule has 23 heavy (non-hydrogen) atoms. The van der Waals surface area contributed by atoms with E-state index in [9.17, 15) is 8.42 Å². The largest absolute Gasteiger partial charge is 0.316 e. The van der Waals surface area contributed by atoms with E-state index in [2.05, 4.69) is 40.6 Å². The van der Waals surface area contributed by atoms with E-state index in [4.69, 9.17) is 0 Å². The summed E-state index contributed by atoms with van der Waals surface area (Å²) in [6.07, 6.45) is 4.05. The predicted octanol–water partition coefficient (Wildman–Crippen LogP) is 3.09. The van der Waals surface area contributed by atoms with E-state index in [1.165, 1.54) is 16.0 Å².